The smallest absolute Gasteiger partial charge is 0.244 e. The zero-order valence-corrected chi connectivity index (χ0v) is 16.2. The predicted octanol–water partition coefficient (Wildman–Crippen LogP) is 3.31. The number of aromatic nitrogens is 3. The summed E-state index contributed by atoms with van der Waals surface area (Å²) in [5, 5.41) is 8.30. The average molecular weight is 401 g/mol. The van der Waals surface area contributed by atoms with E-state index < -0.39 is 10.0 Å². The van der Waals surface area contributed by atoms with Gasteiger partial charge in [0.2, 0.25) is 15.9 Å². The first-order valence-corrected chi connectivity index (χ1v) is 10.9. The van der Waals surface area contributed by atoms with Crippen LogP contribution in [0.15, 0.2) is 41.6 Å². The number of ether oxygens (including phenoxy) is 1. The fourth-order valence-electron chi connectivity index (χ4n) is 3.51. The van der Waals surface area contributed by atoms with E-state index in [0.29, 0.717) is 35.4 Å². The lowest BCUT2D eigenvalue weighted by molar-refractivity contribution is 0.205. The second-order valence-electron chi connectivity index (χ2n) is 7.12. The number of sulfonamides is 1. The number of primary sulfonamides is 1. The fraction of sp³-hybridized carbons (Fsp3) is 0.368. The van der Waals surface area contributed by atoms with Crippen molar-refractivity contribution in [1.82, 2.24) is 15.0 Å². The molecule has 1 aliphatic rings. The molecule has 0 saturated heterocycles. The molecular formula is C19H23N5O3S. The van der Waals surface area contributed by atoms with Gasteiger partial charge in [-0.3, -0.25) is 0 Å². The first-order chi connectivity index (χ1) is 13.5. The molecule has 4 N–H and O–H groups in total. The Morgan fingerprint density at radius 1 is 1.18 bits per heavy atom. The van der Waals surface area contributed by atoms with Crippen molar-refractivity contribution in [2.75, 3.05) is 11.9 Å². The minimum Gasteiger partial charge on any atom is -0.476 e. The number of nitrogens with two attached hydrogens (primary N) is 1. The van der Waals surface area contributed by atoms with Crippen molar-refractivity contribution in [1.29, 1.82) is 0 Å². The highest BCUT2D eigenvalue weighted by Gasteiger charge is 2.17. The SMILES string of the molecule is NS(=O)(=O)c1ccc(Nc2cc3[nH]cnc3c(OCC3CCCCC3)n2)cc1. The fourth-order valence-corrected chi connectivity index (χ4v) is 4.02. The molecule has 4 rings (SSSR count). The van der Waals surface area contributed by atoms with Crippen LogP contribution in [-0.2, 0) is 10.0 Å². The van der Waals surface area contributed by atoms with Crippen LogP contribution in [-0.4, -0.2) is 30.0 Å². The third-order valence-corrected chi connectivity index (χ3v) is 5.94. The van der Waals surface area contributed by atoms with E-state index in [9.17, 15) is 8.42 Å². The van der Waals surface area contributed by atoms with Crippen LogP contribution in [0.2, 0.25) is 0 Å². The normalized spacial score (nSPS) is 15.6. The molecule has 0 radical (unpaired) electrons. The molecule has 1 aliphatic carbocycles. The number of H-pyrrole nitrogens is 1. The molecule has 2 heterocycles. The number of anilines is 2. The number of fused-ring (bicyclic) bond motifs is 1. The van der Waals surface area contributed by atoms with Crippen molar-refractivity contribution < 1.29 is 13.2 Å². The molecule has 1 saturated carbocycles. The van der Waals surface area contributed by atoms with Gasteiger partial charge in [-0.25, -0.2) is 18.5 Å². The average Bonchev–Trinajstić information content (AvgIpc) is 3.15. The first-order valence-electron chi connectivity index (χ1n) is 9.36. The van der Waals surface area contributed by atoms with E-state index in [4.69, 9.17) is 9.88 Å². The lowest BCUT2D eigenvalue weighted by atomic mass is 9.90. The van der Waals surface area contributed by atoms with Gasteiger partial charge in [0, 0.05) is 11.8 Å². The lowest BCUT2D eigenvalue weighted by Crippen LogP contribution is -2.16. The number of hydrogen-bond acceptors (Lipinski definition) is 6. The Labute approximate surface area is 163 Å². The Morgan fingerprint density at radius 3 is 2.64 bits per heavy atom. The van der Waals surface area contributed by atoms with Gasteiger partial charge in [0.25, 0.3) is 0 Å². The minimum atomic E-state index is -3.72. The molecule has 9 heteroatoms. The van der Waals surface area contributed by atoms with E-state index in [2.05, 4.69) is 20.3 Å². The summed E-state index contributed by atoms with van der Waals surface area (Å²) in [6.45, 7) is 0.640. The lowest BCUT2D eigenvalue weighted by Gasteiger charge is -2.21. The third kappa shape index (κ3) is 4.26. The van der Waals surface area contributed by atoms with Crippen LogP contribution in [0.3, 0.4) is 0 Å². The summed E-state index contributed by atoms with van der Waals surface area (Å²) in [4.78, 5) is 12.0. The number of rotatable bonds is 6. The predicted molar refractivity (Wildman–Crippen MR) is 107 cm³/mol. The molecule has 2 aromatic heterocycles. The highest BCUT2D eigenvalue weighted by Crippen LogP contribution is 2.28. The summed E-state index contributed by atoms with van der Waals surface area (Å²) < 4.78 is 28.8. The van der Waals surface area contributed by atoms with Gasteiger partial charge in [-0.15, -0.1) is 0 Å². The van der Waals surface area contributed by atoms with Crippen molar-refractivity contribution in [3.05, 3.63) is 36.7 Å². The van der Waals surface area contributed by atoms with E-state index in [1.165, 1.54) is 44.2 Å². The molecule has 0 spiro atoms. The molecule has 28 heavy (non-hydrogen) atoms. The Hall–Kier alpha value is -2.65. The molecule has 1 fully saturated rings. The Bertz CT molecular complexity index is 1060. The molecular weight excluding hydrogens is 378 g/mol. The second-order valence-corrected chi connectivity index (χ2v) is 8.68. The van der Waals surface area contributed by atoms with E-state index in [-0.39, 0.29) is 4.90 Å². The van der Waals surface area contributed by atoms with Crippen molar-refractivity contribution in [2.45, 2.75) is 37.0 Å². The quantitative estimate of drug-likeness (QED) is 0.582. The topological polar surface area (TPSA) is 123 Å². The summed E-state index contributed by atoms with van der Waals surface area (Å²) >= 11 is 0. The van der Waals surface area contributed by atoms with E-state index in [1.807, 2.05) is 6.07 Å². The molecule has 8 nitrogen and oxygen atoms in total. The molecule has 1 aromatic carbocycles. The van der Waals surface area contributed by atoms with Crippen LogP contribution in [0.5, 0.6) is 5.88 Å². The summed E-state index contributed by atoms with van der Waals surface area (Å²) in [6, 6.07) is 8.02. The number of aromatic amines is 1. The van der Waals surface area contributed by atoms with Crippen LogP contribution in [0.1, 0.15) is 32.1 Å². The number of benzene rings is 1. The van der Waals surface area contributed by atoms with Gasteiger partial charge in [-0.1, -0.05) is 19.3 Å². The van der Waals surface area contributed by atoms with Gasteiger partial charge in [-0.05, 0) is 43.0 Å². The van der Waals surface area contributed by atoms with E-state index >= 15 is 0 Å². The maximum absolute atomic E-state index is 11.4. The highest BCUT2D eigenvalue weighted by molar-refractivity contribution is 7.89. The number of nitrogens with zero attached hydrogens (tertiary/aromatic N) is 2. The summed E-state index contributed by atoms with van der Waals surface area (Å²) in [6.07, 6.45) is 7.83. The third-order valence-electron chi connectivity index (χ3n) is 5.01. The zero-order chi connectivity index (χ0) is 19.6. The van der Waals surface area contributed by atoms with Crippen molar-refractivity contribution in [3.63, 3.8) is 0 Å². The molecule has 0 unspecified atom stereocenters. The molecule has 0 bridgehead atoms. The summed E-state index contributed by atoms with van der Waals surface area (Å²) in [7, 11) is -3.72. The van der Waals surface area contributed by atoms with Gasteiger partial charge < -0.3 is 15.0 Å². The molecule has 0 aliphatic heterocycles. The van der Waals surface area contributed by atoms with Crippen LogP contribution in [0, 0.1) is 5.92 Å². The van der Waals surface area contributed by atoms with Gasteiger partial charge in [0.15, 0.2) is 5.52 Å². The van der Waals surface area contributed by atoms with Crippen LogP contribution < -0.4 is 15.2 Å². The van der Waals surface area contributed by atoms with E-state index in [1.54, 1.807) is 18.5 Å². The van der Waals surface area contributed by atoms with Crippen molar-refractivity contribution >= 4 is 32.6 Å². The van der Waals surface area contributed by atoms with Crippen LogP contribution in [0.25, 0.3) is 11.0 Å². The van der Waals surface area contributed by atoms with Gasteiger partial charge >= 0.3 is 0 Å². The monoisotopic (exact) mass is 401 g/mol. The second kappa shape index (κ2) is 7.76. The summed E-state index contributed by atoms with van der Waals surface area (Å²) in [5.41, 5.74) is 2.21. The van der Waals surface area contributed by atoms with Crippen LogP contribution >= 0.6 is 0 Å². The number of nitrogens with one attached hydrogen (secondary N) is 2. The van der Waals surface area contributed by atoms with Crippen LogP contribution in [0.4, 0.5) is 11.5 Å². The number of hydrogen-bond donors (Lipinski definition) is 3. The largest absolute Gasteiger partial charge is 0.476 e. The molecule has 0 atom stereocenters. The Kier molecular flexibility index (Phi) is 5.19. The molecule has 0 amide bonds. The number of pyridine rings is 1. The van der Waals surface area contributed by atoms with Gasteiger partial charge in [-0.2, -0.15) is 4.98 Å². The molecule has 3 aromatic rings. The maximum Gasteiger partial charge on any atom is 0.244 e. The van der Waals surface area contributed by atoms with Gasteiger partial charge in [0.1, 0.15) is 5.82 Å². The number of imidazole rings is 1. The van der Waals surface area contributed by atoms with Gasteiger partial charge in [0.05, 0.1) is 23.3 Å². The van der Waals surface area contributed by atoms with Crippen molar-refractivity contribution in [2.24, 2.45) is 11.1 Å². The highest BCUT2D eigenvalue weighted by atomic mass is 32.2. The maximum atomic E-state index is 11.4. The Morgan fingerprint density at radius 2 is 1.93 bits per heavy atom. The standard InChI is InChI=1S/C19H23N5O3S/c20-28(25,26)15-8-6-14(7-9-15)23-17-10-16-18(22-12-21-16)19(24-17)27-11-13-4-2-1-3-5-13/h6-10,12-13H,1-5,11H2,(H,21,22)(H,23,24)(H2,20,25,26). The van der Waals surface area contributed by atoms with E-state index in [0.717, 1.165) is 5.52 Å². The van der Waals surface area contributed by atoms with Crippen molar-refractivity contribution in [3.8, 4) is 5.88 Å². The Balaban J connectivity index is 1.54. The summed E-state index contributed by atoms with van der Waals surface area (Å²) in [5.74, 6) is 1.64. The first kappa shape index (κ1) is 18.7. The molecule has 148 valence electrons. The minimum absolute atomic E-state index is 0.0616. The zero-order valence-electron chi connectivity index (χ0n) is 15.4.